The lowest BCUT2D eigenvalue weighted by molar-refractivity contribution is -0.139. The monoisotopic (exact) mass is 538 g/mol. The molecule has 36 heavy (non-hydrogen) atoms. The van der Waals surface area contributed by atoms with E-state index >= 15 is 0 Å². The minimum Gasteiger partial charge on any atom is -0.481 e. The van der Waals surface area contributed by atoms with Crippen LogP contribution < -0.4 is 5.32 Å². The number of carbonyl (C=O) groups is 2. The first kappa shape index (κ1) is 26.2. The third-order valence-electron chi connectivity index (χ3n) is 5.99. The molecule has 1 saturated heterocycles. The van der Waals surface area contributed by atoms with E-state index in [1.807, 2.05) is 0 Å². The minimum absolute atomic E-state index is 0.0562. The molecule has 2 aliphatic heterocycles. The summed E-state index contributed by atoms with van der Waals surface area (Å²) in [6.07, 6.45) is 0.989. The summed E-state index contributed by atoms with van der Waals surface area (Å²) in [5.41, 5.74) is 1.07. The van der Waals surface area contributed by atoms with Crippen LogP contribution in [0.1, 0.15) is 42.8 Å². The van der Waals surface area contributed by atoms with E-state index in [9.17, 15) is 18.4 Å². The largest absolute Gasteiger partial charge is 0.481 e. The molecule has 8 nitrogen and oxygen atoms in total. The highest BCUT2D eigenvalue weighted by Crippen LogP contribution is 2.39. The van der Waals surface area contributed by atoms with E-state index in [0.717, 1.165) is 0 Å². The van der Waals surface area contributed by atoms with E-state index in [1.165, 1.54) is 16.2 Å². The molecule has 3 heterocycles. The molecular formula is C24H25ClF2N4O4S. The van der Waals surface area contributed by atoms with Crippen molar-refractivity contribution in [3.63, 3.8) is 0 Å². The average molecular weight is 539 g/mol. The molecule has 2 aliphatic rings. The first-order valence-corrected chi connectivity index (χ1v) is 12.7. The lowest BCUT2D eigenvalue weighted by Crippen LogP contribution is -2.41. The summed E-state index contributed by atoms with van der Waals surface area (Å²) in [5, 5.41) is 14.9. The van der Waals surface area contributed by atoms with Crippen molar-refractivity contribution in [1.82, 2.24) is 15.2 Å². The summed E-state index contributed by atoms with van der Waals surface area (Å²) in [7, 11) is 0. The number of nitrogens with one attached hydrogen (secondary N) is 1. The number of rotatable bonds is 9. The molecule has 0 spiro atoms. The van der Waals surface area contributed by atoms with Crippen LogP contribution in [0.15, 0.2) is 52.1 Å². The van der Waals surface area contributed by atoms with Gasteiger partial charge in [0.05, 0.1) is 18.7 Å². The number of aliphatic imine (C=N–C) groups is 1. The number of alkyl halides is 2. The van der Waals surface area contributed by atoms with Gasteiger partial charge in [0.15, 0.2) is 10.8 Å². The zero-order valence-electron chi connectivity index (χ0n) is 19.4. The summed E-state index contributed by atoms with van der Waals surface area (Å²) < 4.78 is 34.2. The highest BCUT2D eigenvalue weighted by atomic mass is 35.5. The van der Waals surface area contributed by atoms with E-state index in [0.29, 0.717) is 27.1 Å². The van der Waals surface area contributed by atoms with Crippen molar-refractivity contribution in [3.05, 3.63) is 62.7 Å². The number of carboxylic acids is 1. The second kappa shape index (κ2) is 11.0. The zero-order valence-corrected chi connectivity index (χ0v) is 21.0. The number of amidine groups is 1. The number of ether oxygens (including phenoxy) is 1. The number of likely N-dealkylation sites (tertiary alicyclic amines) is 1. The number of hydrogen-bond acceptors (Lipinski definition) is 8. The van der Waals surface area contributed by atoms with Crippen molar-refractivity contribution in [2.24, 2.45) is 4.99 Å². The number of benzene rings is 1. The van der Waals surface area contributed by atoms with Crippen molar-refractivity contribution in [2.75, 3.05) is 19.7 Å². The van der Waals surface area contributed by atoms with Crippen LogP contribution in [0.5, 0.6) is 0 Å². The average Bonchev–Trinajstić information content (AvgIpc) is 3.45. The molecule has 0 radical (unpaired) electrons. The Labute approximate surface area is 215 Å². The number of thiazole rings is 1. The summed E-state index contributed by atoms with van der Waals surface area (Å²) in [5.74, 6) is -4.29. The van der Waals surface area contributed by atoms with E-state index in [4.69, 9.17) is 26.4 Å². The zero-order chi connectivity index (χ0) is 25.9. The Morgan fingerprint density at radius 1 is 1.36 bits per heavy atom. The molecule has 192 valence electrons. The molecule has 1 aromatic carbocycles. The Morgan fingerprint density at radius 3 is 2.81 bits per heavy atom. The Bertz CT molecular complexity index is 1190. The first-order valence-electron chi connectivity index (χ1n) is 11.4. The number of esters is 1. The van der Waals surface area contributed by atoms with Gasteiger partial charge in [0, 0.05) is 53.3 Å². The summed E-state index contributed by atoms with van der Waals surface area (Å²) in [4.78, 5) is 34.9. The highest BCUT2D eigenvalue weighted by molar-refractivity contribution is 7.11. The summed E-state index contributed by atoms with van der Waals surface area (Å²) >= 11 is 7.82. The molecule has 4 rings (SSSR count). The van der Waals surface area contributed by atoms with Crippen molar-refractivity contribution in [1.29, 1.82) is 0 Å². The van der Waals surface area contributed by atoms with Crippen LogP contribution in [-0.4, -0.2) is 64.4 Å². The van der Waals surface area contributed by atoms with Gasteiger partial charge < -0.3 is 15.2 Å². The maximum absolute atomic E-state index is 14.4. The molecule has 1 fully saturated rings. The van der Waals surface area contributed by atoms with Crippen molar-refractivity contribution in [2.45, 2.75) is 44.2 Å². The fraction of sp³-hybridized carbons (Fsp3) is 0.417. The Balaban J connectivity index is 1.78. The van der Waals surface area contributed by atoms with Crippen LogP contribution >= 0.6 is 22.9 Å². The Morgan fingerprint density at radius 2 is 2.14 bits per heavy atom. The van der Waals surface area contributed by atoms with Gasteiger partial charge in [-0.15, -0.1) is 11.3 Å². The number of carboxylic acid groups (broad SMARTS) is 1. The maximum atomic E-state index is 14.4. The quantitative estimate of drug-likeness (QED) is 0.459. The molecule has 0 bridgehead atoms. The smallest absolute Gasteiger partial charge is 0.338 e. The number of aromatic nitrogens is 1. The van der Waals surface area contributed by atoms with Crippen LogP contribution in [-0.2, 0) is 14.3 Å². The van der Waals surface area contributed by atoms with Crippen LogP contribution in [0.4, 0.5) is 8.78 Å². The Kier molecular flexibility index (Phi) is 8.01. The Hall–Kier alpha value is -2.89. The van der Waals surface area contributed by atoms with Gasteiger partial charge >= 0.3 is 11.9 Å². The number of nitrogens with zero attached hydrogens (tertiary/aromatic N) is 3. The van der Waals surface area contributed by atoms with Gasteiger partial charge in [-0.3, -0.25) is 14.7 Å². The van der Waals surface area contributed by atoms with Gasteiger partial charge in [-0.05, 0) is 19.4 Å². The van der Waals surface area contributed by atoms with Crippen molar-refractivity contribution in [3.8, 4) is 0 Å². The van der Waals surface area contributed by atoms with Crippen LogP contribution in [0.3, 0.4) is 0 Å². The van der Waals surface area contributed by atoms with E-state index in [1.54, 1.807) is 42.8 Å². The number of carbonyl (C=O) groups excluding carboxylic acids is 1. The third kappa shape index (κ3) is 5.91. The van der Waals surface area contributed by atoms with Gasteiger partial charge in [-0.2, -0.15) is 0 Å². The standard InChI is InChI=1S/C24H25ClF2N4O4S/c1-2-35-23(34)19-17(12-31-13-24(26,27)11-14(31)7-8-18(32)33)29-21(22-28-9-10-36-22)30-20(19)15-5-3-4-6-16(15)25/h3-6,9-10,14,20H,2,7-8,11-13H2,1H3,(H,29,30)(H,32,33)/t14-,20-/m0/s1. The molecule has 1 aromatic heterocycles. The predicted octanol–water partition coefficient (Wildman–Crippen LogP) is 4.28. The molecule has 0 saturated carbocycles. The molecular weight excluding hydrogens is 514 g/mol. The first-order chi connectivity index (χ1) is 17.2. The van der Waals surface area contributed by atoms with Gasteiger partial charge in [0.1, 0.15) is 6.04 Å². The molecule has 0 unspecified atom stereocenters. The maximum Gasteiger partial charge on any atom is 0.338 e. The van der Waals surface area contributed by atoms with Gasteiger partial charge in [0.25, 0.3) is 5.92 Å². The molecule has 2 atom stereocenters. The van der Waals surface area contributed by atoms with E-state index in [-0.39, 0.29) is 31.6 Å². The molecule has 2 N–H and O–H groups in total. The van der Waals surface area contributed by atoms with Gasteiger partial charge in [-0.1, -0.05) is 29.8 Å². The normalized spacial score (nSPS) is 21.7. The molecule has 12 heteroatoms. The molecule has 0 amide bonds. The van der Waals surface area contributed by atoms with E-state index < -0.39 is 42.9 Å². The van der Waals surface area contributed by atoms with Gasteiger partial charge in [0.2, 0.25) is 0 Å². The van der Waals surface area contributed by atoms with Crippen molar-refractivity contribution < 1.29 is 28.2 Å². The fourth-order valence-electron chi connectivity index (χ4n) is 4.47. The summed E-state index contributed by atoms with van der Waals surface area (Å²) in [6.45, 7) is 1.17. The lowest BCUT2D eigenvalue weighted by Gasteiger charge is -2.31. The molecule has 0 aliphatic carbocycles. The van der Waals surface area contributed by atoms with Crippen LogP contribution in [0, 0.1) is 0 Å². The highest BCUT2D eigenvalue weighted by Gasteiger charge is 2.46. The number of hydrogen-bond donors (Lipinski definition) is 2. The van der Waals surface area contributed by atoms with Crippen LogP contribution in [0.2, 0.25) is 5.02 Å². The predicted molar refractivity (Wildman–Crippen MR) is 131 cm³/mol. The number of aliphatic carboxylic acids is 1. The second-order valence-electron chi connectivity index (χ2n) is 8.53. The molecule has 2 aromatic rings. The van der Waals surface area contributed by atoms with Crippen molar-refractivity contribution >= 4 is 40.7 Å². The summed E-state index contributed by atoms with van der Waals surface area (Å²) in [6, 6.07) is 5.43. The topological polar surface area (TPSA) is 104 Å². The lowest BCUT2D eigenvalue weighted by atomic mass is 9.95. The third-order valence-corrected chi connectivity index (χ3v) is 7.12. The minimum atomic E-state index is -2.98. The fourth-order valence-corrected chi connectivity index (χ4v) is 5.29. The number of halogens is 3. The van der Waals surface area contributed by atoms with Gasteiger partial charge in [-0.25, -0.2) is 18.6 Å². The van der Waals surface area contributed by atoms with E-state index in [2.05, 4.69) is 10.3 Å². The second-order valence-corrected chi connectivity index (χ2v) is 9.83. The SMILES string of the molecule is CCOC(=O)C1=C(CN2CC(F)(F)C[C@@H]2CCC(=O)O)NC(c2nccs2)=N[C@H]1c1ccccc1Cl. The van der Waals surface area contributed by atoms with Crippen LogP contribution in [0.25, 0.3) is 0 Å².